The molecule has 3 heterocycles. The van der Waals surface area contributed by atoms with Crippen LogP contribution in [0.2, 0.25) is 0 Å². The van der Waals surface area contributed by atoms with E-state index in [4.69, 9.17) is 5.73 Å². The van der Waals surface area contributed by atoms with Crippen LogP contribution in [0.5, 0.6) is 0 Å². The number of rotatable bonds is 4. The first-order valence-electron chi connectivity index (χ1n) is 6.90. The van der Waals surface area contributed by atoms with Crippen LogP contribution < -0.4 is 11.1 Å². The van der Waals surface area contributed by atoms with Crippen molar-refractivity contribution in [3.8, 4) is 0 Å². The first-order valence-corrected chi connectivity index (χ1v) is 7.78. The van der Waals surface area contributed by atoms with Gasteiger partial charge in [0.2, 0.25) is 0 Å². The lowest BCUT2D eigenvalue weighted by atomic mass is 10.1. The van der Waals surface area contributed by atoms with Crippen molar-refractivity contribution in [3.63, 3.8) is 0 Å². The highest BCUT2D eigenvalue weighted by Crippen LogP contribution is 2.13. The van der Waals surface area contributed by atoms with Gasteiger partial charge >= 0.3 is 0 Å². The molecule has 0 aromatic carbocycles. The molecule has 1 atom stereocenters. The molecule has 3 N–H and O–H groups in total. The Bertz CT molecular complexity index is 572. The van der Waals surface area contributed by atoms with Gasteiger partial charge in [0.1, 0.15) is 5.82 Å². The summed E-state index contributed by atoms with van der Waals surface area (Å²) >= 11 is 1.76. The largest absolute Gasteiger partial charge is 0.370 e. The lowest BCUT2D eigenvalue weighted by Gasteiger charge is -2.24. The van der Waals surface area contributed by atoms with E-state index in [1.54, 1.807) is 11.3 Å². The molecule has 0 spiro atoms. The SMILES string of the molecule is NC(=NCCc1cccs1)NC1CCn2ccnc2C1. The van der Waals surface area contributed by atoms with Crippen molar-refractivity contribution in [2.75, 3.05) is 6.54 Å². The van der Waals surface area contributed by atoms with Crippen molar-refractivity contribution in [3.05, 3.63) is 40.6 Å². The van der Waals surface area contributed by atoms with E-state index in [0.29, 0.717) is 12.0 Å². The molecule has 0 saturated carbocycles. The zero-order chi connectivity index (χ0) is 13.8. The van der Waals surface area contributed by atoms with Crippen molar-refractivity contribution < 1.29 is 0 Å². The molecule has 2 aromatic heterocycles. The van der Waals surface area contributed by atoms with Gasteiger partial charge < -0.3 is 15.6 Å². The lowest BCUT2D eigenvalue weighted by Crippen LogP contribution is -2.44. The van der Waals surface area contributed by atoms with Crippen LogP contribution in [0.4, 0.5) is 0 Å². The molecule has 0 bridgehead atoms. The Hall–Kier alpha value is -1.82. The molecule has 0 amide bonds. The van der Waals surface area contributed by atoms with Crippen molar-refractivity contribution in [2.45, 2.75) is 31.8 Å². The maximum atomic E-state index is 5.95. The Labute approximate surface area is 122 Å². The molecule has 1 aliphatic heterocycles. The Morgan fingerprint density at radius 1 is 1.60 bits per heavy atom. The predicted octanol–water partition coefficient (Wildman–Crippen LogP) is 1.41. The number of nitrogens with one attached hydrogen (secondary N) is 1. The number of fused-ring (bicyclic) bond motifs is 1. The minimum atomic E-state index is 0.343. The summed E-state index contributed by atoms with van der Waals surface area (Å²) in [6.07, 6.45) is 6.81. The number of aromatic nitrogens is 2. The van der Waals surface area contributed by atoms with Crippen molar-refractivity contribution in [2.24, 2.45) is 10.7 Å². The summed E-state index contributed by atoms with van der Waals surface area (Å²) in [4.78, 5) is 10.1. The molecular weight excluding hydrogens is 270 g/mol. The molecule has 0 radical (unpaired) electrons. The van der Waals surface area contributed by atoms with Crippen LogP contribution in [0.3, 0.4) is 0 Å². The fraction of sp³-hybridized carbons (Fsp3) is 0.429. The molecule has 1 aliphatic rings. The van der Waals surface area contributed by atoms with Crippen LogP contribution in [0.1, 0.15) is 17.1 Å². The Morgan fingerprint density at radius 3 is 3.40 bits per heavy atom. The maximum absolute atomic E-state index is 5.95. The summed E-state index contributed by atoms with van der Waals surface area (Å²) in [7, 11) is 0. The van der Waals surface area contributed by atoms with Crippen molar-refractivity contribution in [1.29, 1.82) is 0 Å². The molecule has 0 fully saturated rings. The molecule has 20 heavy (non-hydrogen) atoms. The van der Waals surface area contributed by atoms with E-state index in [0.717, 1.165) is 38.2 Å². The molecule has 106 valence electrons. The van der Waals surface area contributed by atoms with Gasteiger partial charge in [-0.2, -0.15) is 0 Å². The Balaban J connectivity index is 1.48. The van der Waals surface area contributed by atoms with E-state index in [9.17, 15) is 0 Å². The summed E-state index contributed by atoms with van der Waals surface area (Å²) in [6.45, 7) is 1.73. The highest BCUT2D eigenvalue weighted by Gasteiger charge is 2.19. The number of hydrogen-bond donors (Lipinski definition) is 2. The van der Waals surface area contributed by atoms with E-state index in [-0.39, 0.29) is 0 Å². The van der Waals surface area contributed by atoms with Gasteiger partial charge in [-0.15, -0.1) is 11.3 Å². The van der Waals surface area contributed by atoms with Crippen molar-refractivity contribution in [1.82, 2.24) is 14.9 Å². The van der Waals surface area contributed by atoms with Crippen molar-refractivity contribution >= 4 is 17.3 Å². The predicted molar refractivity (Wildman–Crippen MR) is 82.0 cm³/mol. The number of aliphatic imine (C=N–C) groups is 1. The topological polar surface area (TPSA) is 68.2 Å². The van der Waals surface area contributed by atoms with Crippen LogP contribution >= 0.6 is 11.3 Å². The first-order chi connectivity index (χ1) is 9.81. The molecule has 2 aromatic rings. The minimum absolute atomic E-state index is 0.343. The average Bonchev–Trinajstić information content (AvgIpc) is 3.08. The number of hydrogen-bond acceptors (Lipinski definition) is 3. The fourth-order valence-corrected chi connectivity index (χ4v) is 3.17. The van der Waals surface area contributed by atoms with Crippen LogP contribution in [0, 0.1) is 0 Å². The summed E-state index contributed by atoms with van der Waals surface area (Å²) in [5.74, 6) is 1.67. The third kappa shape index (κ3) is 3.19. The summed E-state index contributed by atoms with van der Waals surface area (Å²) < 4.78 is 2.20. The van der Waals surface area contributed by atoms with Gasteiger partial charge in [-0.05, 0) is 17.9 Å². The second-order valence-corrected chi connectivity index (χ2v) is 6.00. The highest BCUT2D eigenvalue weighted by molar-refractivity contribution is 7.09. The van der Waals surface area contributed by atoms with Gasteiger partial charge in [0.15, 0.2) is 5.96 Å². The van der Waals surface area contributed by atoms with E-state index in [1.165, 1.54) is 4.88 Å². The number of nitrogens with two attached hydrogens (primary N) is 1. The third-order valence-corrected chi connectivity index (χ3v) is 4.46. The number of nitrogens with zero attached hydrogens (tertiary/aromatic N) is 3. The van der Waals surface area contributed by atoms with Gasteiger partial charge in [-0.3, -0.25) is 4.99 Å². The molecule has 1 unspecified atom stereocenters. The molecular formula is C14H19N5S. The highest BCUT2D eigenvalue weighted by atomic mass is 32.1. The van der Waals surface area contributed by atoms with Crippen LogP contribution in [0.15, 0.2) is 34.9 Å². The monoisotopic (exact) mass is 289 g/mol. The number of guanidine groups is 1. The number of imidazole rings is 1. The van der Waals surface area contributed by atoms with E-state index in [1.807, 2.05) is 12.4 Å². The quantitative estimate of drug-likeness (QED) is 0.660. The minimum Gasteiger partial charge on any atom is -0.370 e. The fourth-order valence-electron chi connectivity index (χ4n) is 2.47. The summed E-state index contributed by atoms with van der Waals surface area (Å²) in [5, 5.41) is 5.40. The molecule has 6 heteroatoms. The van der Waals surface area contributed by atoms with Gasteiger partial charge in [-0.1, -0.05) is 6.07 Å². The zero-order valence-electron chi connectivity index (χ0n) is 11.3. The molecule has 3 rings (SSSR count). The van der Waals surface area contributed by atoms with Gasteiger partial charge in [0.05, 0.1) is 0 Å². The van der Waals surface area contributed by atoms with E-state index in [2.05, 4.69) is 37.4 Å². The standard InChI is InChI=1S/C14H19N5S/c15-14(17-5-3-12-2-1-9-20-12)18-11-4-7-19-8-6-16-13(19)10-11/h1-2,6,8-9,11H,3-5,7,10H2,(H3,15,17,18). The summed E-state index contributed by atoms with van der Waals surface area (Å²) in [5.41, 5.74) is 5.95. The van der Waals surface area contributed by atoms with Crippen LogP contribution in [0.25, 0.3) is 0 Å². The molecule has 0 aliphatic carbocycles. The van der Waals surface area contributed by atoms with Crippen LogP contribution in [-0.2, 0) is 19.4 Å². The molecule has 0 saturated heterocycles. The number of aryl methyl sites for hydroxylation is 1. The zero-order valence-corrected chi connectivity index (χ0v) is 12.1. The smallest absolute Gasteiger partial charge is 0.188 e. The lowest BCUT2D eigenvalue weighted by molar-refractivity contribution is 0.434. The van der Waals surface area contributed by atoms with E-state index < -0.39 is 0 Å². The third-order valence-electron chi connectivity index (χ3n) is 3.52. The number of thiophene rings is 1. The van der Waals surface area contributed by atoms with E-state index >= 15 is 0 Å². The Morgan fingerprint density at radius 2 is 2.55 bits per heavy atom. The van der Waals surface area contributed by atoms with Gasteiger partial charge in [-0.25, -0.2) is 4.98 Å². The average molecular weight is 289 g/mol. The second kappa shape index (κ2) is 6.09. The normalized spacial score (nSPS) is 18.8. The first kappa shape index (κ1) is 13.2. The van der Waals surface area contributed by atoms with Crippen LogP contribution in [-0.4, -0.2) is 28.1 Å². The second-order valence-electron chi connectivity index (χ2n) is 4.97. The van der Waals surface area contributed by atoms with Gasteiger partial charge in [0.25, 0.3) is 0 Å². The molecule has 5 nitrogen and oxygen atoms in total. The maximum Gasteiger partial charge on any atom is 0.188 e. The summed E-state index contributed by atoms with van der Waals surface area (Å²) in [6, 6.07) is 4.54. The Kier molecular flexibility index (Phi) is 4.01. The van der Waals surface area contributed by atoms with Gasteiger partial charge in [0, 0.05) is 49.2 Å².